The first-order valence-electron chi connectivity index (χ1n) is 8.15. The van der Waals surface area contributed by atoms with Crippen molar-refractivity contribution in [1.82, 2.24) is 10.6 Å². The maximum absolute atomic E-state index is 10.9. The standard InChI is InChI=1S/C17H30N2O6/c1-5-15(20)18-7-9-22-11-13-24-17(3,4)25-14-12-23-10-8-19-16(21)6-2/h5-6H,1-2,7-14H2,3-4H3,(H,18,20)(H,19,21). The molecular weight excluding hydrogens is 328 g/mol. The van der Waals surface area contributed by atoms with Gasteiger partial charge in [0.05, 0.1) is 39.6 Å². The molecule has 0 unspecified atom stereocenters. The average Bonchev–Trinajstić information content (AvgIpc) is 2.59. The lowest BCUT2D eigenvalue weighted by Crippen LogP contribution is -2.32. The van der Waals surface area contributed by atoms with Gasteiger partial charge in [0, 0.05) is 13.1 Å². The fourth-order valence-corrected chi connectivity index (χ4v) is 1.58. The van der Waals surface area contributed by atoms with E-state index in [-0.39, 0.29) is 11.8 Å². The van der Waals surface area contributed by atoms with Gasteiger partial charge in [-0.05, 0) is 26.0 Å². The molecule has 144 valence electrons. The Hall–Kier alpha value is -1.74. The molecule has 0 aliphatic carbocycles. The van der Waals surface area contributed by atoms with E-state index < -0.39 is 5.79 Å². The van der Waals surface area contributed by atoms with E-state index in [0.29, 0.717) is 52.7 Å². The molecule has 2 amide bonds. The third-order valence-corrected chi connectivity index (χ3v) is 2.82. The quantitative estimate of drug-likeness (QED) is 0.235. The minimum atomic E-state index is -0.749. The summed E-state index contributed by atoms with van der Waals surface area (Å²) in [7, 11) is 0. The largest absolute Gasteiger partial charge is 0.377 e. The first-order chi connectivity index (χ1) is 11.9. The molecule has 0 spiro atoms. The van der Waals surface area contributed by atoms with Crippen LogP contribution in [0.25, 0.3) is 0 Å². The molecule has 8 nitrogen and oxygen atoms in total. The van der Waals surface area contributed by atoms with Crippen LogP contribution in [0.2, 0.25) is 0 Å². The summed E-state index contributed by atoms with van der Waals surface area (Å²) in [5.74, 6) is -1.19. The van der Waals surface area contributed by atoms with Crippen LogP contribution in [0.15, 0.2) is 25.3 Å². The molecule has 0 bridgehead atoms. The second kappa shape index (κ2) is 14.6. The summed E-state index contributed by atoms with van der Waals surface area (Å²) in [5.41, 5.74) is 0. The zero-order valence-corrected chi connectivity index (χ0v) is 15.2. The number of hydrogen-bond acceptors (Lipinski definition) is 6. The number of hydrogen-bond donors (Lipinski definition) is 2. The van der Waals surface area contributed by atoms with Crippen molar-refractivity contribution in [2.24, 2.45) is 0 Å². The highest BCUT2D eigenvalue weighted by atomic mass is 16.7. The molecule has 0 heterocycles. The van der Waals surface area contributed by atoms with Gasteiger partial charge in [-0.25, -0.2) is 0 Å². The number of ether oxygens (including phenoxy) is 4. The predicted molar refractivity (Wildman–Crippen MR) is 94.0 cm³/mol. The average molecular weight is 358 g/mol. The molecule has 0 rings (SSSR count). The van der Waals surface area contributed by atoms with E-state index in [1.165, 1.54) is 12.2 Å². The van der Waals surface area contributed by atoms with Crippen molar-refractivity contribution < 1.29 is 28.5 Å². The summed E-state index contributed by atoms with van der Waals surface area (Å²) < 4.78 is 21.8. The molecule has 0 aliphatic rings. The second-order valence-electron chi connectivity index (χ2n) is 5.31. The maximum atomic E-state index is 10.9. The lowest BCUT2D eigenvalue weighted by molar-refractivity contribution is -0.223. The van der Waals surface area contributed by atoms with E-state index in [1.54, 1.807) is 0 Å². The minimum absolute atomic E-state index is 0.223. The van der Waals surface area contributed by atoms with Crippen LogP contribution >= 0.6 is 0 Å². The van der Waals surface area contributed by atoms with Gasteiger partial charge in [-0.15, -0.1) is 0 Å². The normalized spacial score (nSPS) is 11.0. The molecule has 0 aromatic rings. The molecule has 0 aromatic carbocycles. The van der Waals surface area contributed by atoms with Crippen molar-refractivity contribution in [2.75, 3.05) is 52.7 Å². The molecule has 0 fully saturated rings. The van der Waals surface area contributed by atoms with E-state index in [0.717, 1.165) is 0 Å². The Morgan fingerprint density at radius 2 is 1.20 bits per heavy atom. The third-order valence-electron chi connectivity index (χ3n) is 2.82. The number of carbonyl (C=O) groups is 2. The Morgan fingerprint density at radius 1 is 0.800 bits per heavy atom. The van der Waals surface area contributed by atoms with Gasteiger partial charge in [-0.1, -0.05) is 13.2 Å². The van der Waals surface area contributed by atoms with Crippen molar-refractivity contribution >= 4 is 11.8 Å². The van der Waals surface area contributed by atoms with Crippen molar-refractivity contribution in [3.63, 3.8) is 0 Å². The Kier molecular flexibility index (Phi) is 13.6. The summed E-state index contributed by atoms with van der Waals surface area (Å²) >= 11 is 0. The van der Waals surface area contributed by atoms with Crippen molar-refractivity contribution in [1.29, 1.82) is 0 Å². The van der Waals surface area contributed by atoms with Crippen molar-refractivity contribution in [2.45, 2.75) is 19.6 Å². The Labute approximate surface area is 149 Å². The van der Waals surface area contributed by atoms with Gasteiger partial charge in [0.2, 0.25) is 11.8 Å². The monoisotopic (exact) mass is 358 g/mol. The lowest BCUT2D eigenvalue weighted by atomic mass is 10.4. The zero-order valence-electron chi connectivity index (χ0n) is 15.2. The van der Waals surface area contributed by atoms with Crippen LogP contribution in [0, 0.1) is 0 Å². The van der Waals surface area contributed by atoms with Crippen LogP contribution in [0.5, 0.6) is 0 Å². The number of amides is 2. The van der Waals surface area contributed by atoms with E-state index in [1.807, 2.05) is 13.8 Å². The SMILES string of the molecule is C=CC(=O)NCCOCCOC(C)(C)OCCOCCNC(=O)C=C. The van der Waals surface area contributed by atoms with Gasteiger partial charge in [0.25, 0.3) is 0 Å². The van der Waals surface area contributed by atoms with E-state index in [9.17, 15) is 9.59 Å². The van der Waals surface area contributed by atoms with Crippen LogP contribution < -0.4 is 10.6 Å². The van der Waals surface area contributed by atoms with Crippen molar-refractivity contribution in [3.8, 4) is 0 Å². The molecule has 25 heavy (non-hydrogen) atoms. The summed E-state index contributed by atoms with van der Waals surface area (Å²) in [5, 5.41) is 5.22. The molecular formula is C17H30N2O6. The Morgan fingerprint density at radius 3 is 1.56 bits per heavy atom. The van der Waals surface area contributed by atoms with Gasteiger partial charge in [-0.2, -0.15) is 0 Å². The summed E-state index contributed by atoms with van der Waals surface area (Å²) in [4.78, 5) is 21.8. The highest BCUT2D eigenvalue weighted by Gasteiger charge is 2.18. The fourth-order valence-electron chi connectivity index (χ4n) is 1.58. The topological polar surface area (TPSA) is 95.1 Å². The molecule has 0 atom stereocenters. The molecule has 2 N–H and O–H groups in total. The Bertz CT molecular complexity index is 376. The molecule has 0 saturated carbocycles. The summed E-state index contributed by atoms with van der Waals surface area (Å²) in [6, 6.07) is 0. The number of nitrogens with one attached hydrogen (secondary N) is 2. The fraction of sp³-hybridized carbons (Fsp3) is 0.647. The van der Waals surface area contributed by atoms with Gasteiger partial charge in [0.15, 0.2) is 5.79 Å². The molecule has 0 radical (unpaired) electrons. The first kappa shape index (κ1) is 23.3. The van der Waals surface area contributed by atoms with Gasteiger partial charge < -0.3 is 29.6 Å². The van der Waals surface area contributed by atoms with Crippen LogP contribution in [-0.4, -0.2) is 70.3 Å². The molecule has 0 aromatic heterocycles. The predicted octanol–water partition coefficient (Wildman–Crippen LogP) is 0.393. The molecule has 0 saturated heterocycles. The van der Waals surface area contributed by atoms with Gasteiger partial charge in [0.1, 0.15) is 0 Å². The van der Waals surface area contributed by atoms with Crippen LogP contribution in [-0.2, 0) is 28.5 Å². The van der Waals surface area contributed by atoms with E-state index >= 15 is 0 Å². The van der Waals surface area contributed by atoms with Crippen LogP contribution in [0.1, 0.15) is 13.8 Å². The third kappa shape index (κ3) is 15.5. The second-order valence-corrected chi connectivity index (χ2v) is 5.31. The maximum Gasteiger partial charge on any atom is 0.243 e. The molecule has 8 heteroatoms. The number of rotatable bonds is 16. The van der Waals surface area contributed by atoms with Gasteiger partial charge in [-0.3, -0.25) is 9.59 Å². The van der Waals surface area contributed by atoms with Crippen molar-refractivity contribution in [3.05, 3.63) is 25.3 Å². The van der Waals surface area contributed by atoms with Crippen LogP contribution in [0.3, 0.4) is 0 Å². The van der Waals surface area contributed by atoms with Crippen LogP contribution in [0.4, 0.5) is 0 Å². The smallest absolute Gasteiger partial charge is 0.243 e. The van der Waals surface area contributed by atoms with Gasteiger partial charge >= 0.3 is 0 Å². The van der Waals surface area contributed by atoms with E-state index in [4.69, 9.17) is 18.9 Å². The summed E-state index contributed by atoms with van der Waals surface area (Å²) in [6.45, 7) is 13.5. The Balaban J connectivity index is 3.49. The first-order valence-corrected chi connectivity index (χ1v) is 8.15. The number of carbonyl (C=O) groups excluding carboxylic acids is 2. The highest BCUT2D eigenvalue weighted by molar-refractivity contribution is 5.87. The summed E-state index contributed by atoms with van der Waals surface area (Å²) in [6.07, 6.45) is 2.42. The minimum Gasteiger partial charge on any atom is -0.377 e. The van der Waals surface area contributed by atoms with E-state index in [2.05, 4.69) is 23.8 Å². The zero-order chi connectivity index (χ0) is 19.0. The lowest BCUT2D eigenvalue weighted by Gasteiger charge is -2.25. The molecule has 0 aliphatic heterocycles. The highest BCUT2D eigenvalue weighted by Crippen LogP contribution is 2.10.